The summed E-state index contributed by atoms with van der Waals surface area (Å²) >= 11 is 0. The van der Waals surface area contributed by atoms with E-state index in [-0.39, 0.29) is 4.90 Å². The number of sulfonamides is 1. The smallest absolute Gasteiger partial charge is 0.238 e. The fourth-order valence-corrected chi connectivity index (χ4v) is 5.73. The zero-order chi connectivity index (χ0) is 22.1. The maximum Gasteiger partial charge on any atom is 0.238 e. The number of primary sulfonamides is 1. The summed E-state index contributed by atoms with van der Waals surface area (Å²) in [5.41, 5.74) is 5.34. The first-order valence-corrected chi connectivity index (χ1v) is 12.8. The first kappa shape index (κ1) is 21.2. The molecule has 2 N–H and O–H groups in total. The molecular weight excluding hydrogens is 418 g/mol. The van der Waals surface area contributed by atoms with Crippen LogP contribution in [0.1, 0.15) is 35.4 Å². The number of rotatable bonds is 4. The summed E-state index contributed by atoms with van der Waals surface area (Å²) in [7, 11) is -3.65. The van der Waals surface area contributed by atoms with Crippen LogP contribution in [0.25, 0.3) is 0 Å². The second kappa shape index (κ2) is 8.70. The molecule has 32 heavy (non-hydrogen) atoms. The van der Waals surface area contributed by atoms with Gasteiger partial charge in [0.15, 0.2) is 0 Å². The van der Waals surface area contributed by atoms with E-state index in [1.165, 1.54) is 16.7 Å². The Labute approximate surface area is 190 Å². The summed E-state index contributed by atoms with van der Waals surface area (Å²) in [6.45, 7) is 3.99. The summed E-state index contributed by atoms with van der Waals surface area (Å²) < 4.78 is 23.0. The van der Waals surface area contributed by atoms with Crippen LogP contribution in [0, 0.1) is 0 Å². The molecule has 1 unspecified atom stereocenters. The van der Waals surface area contributed by atoms with Gasteiger partial charge < -0.3 is 4.90 Å². The third-order valence-corrected chi connectivity index (χ3v) is 7.86. The van der Waals surface area contributed by atoms with Crippen molar-refractivity contribution in [3.8, 4) is 0 Å². The van der Waals surface area contributed by atoms with Gasteiger partial charge >= 0.3 is 0 Å². The number of hydrogen-bond donors (Lipinski definition) is 1. The lowest BCUT2D eigenvalue weighted by Crippen LogP contribution is -2.47. The normalized spacial score (nSPS) is 20.2. The minimum Gasteiger partial charge on any atom is -0.371 e. The summed E-state index contributed by atoms with van der Waals surface area (Å²) in [6.07, 6.45) is 2.20. The molecule has 1 atom stereocenters. The van der Waals surface area contributed by atoms with E-state index in [4.69, 9.17) is 5.14 Å². The number of hydrogen-bond acceptors (Lipinski definition) is 4. The fourth-order valence-electron chi connectivity index (χ4n) is 5.22. The van der Waals surface area contributed by atoms with Crippen molar-refractivity contribution in [2.45, 2.75) is 36.2 Å². The molecule has 0 aliphatic carbocycles. The second-order valence-corrected chi connectivity index (χ2v) is 10.4. The van der Waals surface area contributed by atoms with Crippen LogP contribution in [0.4, 0.5) is 5.69 Å². The lowest BCUT2D eigenvalue weighted by atomic mass is 9.83. The fraction of sp³-hybridized carbons (Fsp3) is 0.308. The summed E-state index contributed by atoms with van der Waals surface area (Å²) in [5.74, 6) is 0.407. The van der Waals surface area contributed by atoms with Gasteiger partial charge in [-0.2, -0.15) is 0 Å². The van der Waals surface area contributed by atoms with Crippen molar-refractivity contribution >= 4 is 15.7 Å². The topological polar surface area (TPSA) is 66.6 Å². The molecule has 2 aliphatic heterocycles. The lowest BCUT2D eigenvalue weighted by Gasteiger charge is -2.43. The van der Waals surface area contributed by atoms with Crippen molar-refractivity contribution in [1.82, 2.24) is 4.90 Å². The molecule has 5 nitrogen and oxygen atoms in total. The molecule has 2 heterocycles. The molecular formula is C26H29N3O2S. The van der Waals surface area contributed by atoms with Gasteiger partial charge in [-0.1, -0.05) is 54.6 Å². The molecule has 0 amide bonds. The zero-order valence-corrected chi connectivity index (χ0v) is 18.9. The van der Waals surface area contributed by atoms with Crippen molar-refractivity contribution < 1.29 is 8.42 Å². The van der Waals surface area contributed by atoms with Crippen LogP contribution >= 0.6 is 0 Å². The quantitative estimate of drug-likeness (QED) is 0.658. The van der Waals surface area contributed by atoms with E-state index < -0.39 is 10.0 Å². The van der Waals surface area contributed by atoms with Crippen molar-refractivity contribution in [1.29, 1.82) is 0 Å². The Kier molecular flexibility index (Phi) is 5.76. The van der Waals surface area contributed by atoms with Gasteiger partial charge in [-0.15, -0.1) is 0 Å². The van der Waals surface area contributed by atoms with Crippen molar-refractivity contribution in [2.24, 2.45) is 5.14 Å². The predicted octanol–water partition coefficient (Wildman–Crippen LogP) is 3.95. The van der Waals surface area contributed by atoms with Gasteiger partial charge in [0.05, 0.1) is 4.90 Å². The minimum atomic E-state index is -3.65. The maximum absolute atomic E-state index is 11.5. The average molecular weight is 448 g/mol. The van der Waals surface area contributed by atoms with Crippen molar-refractivity contribution in [3.05, 3.63) is 95.6 Å². The van der Waals surface area contributed by atoms with Crippen LogP contribution in [0.15, 0.2) is 83.8 Å². The highest BCUT2D eigenvalue weighted by Gasteiger charge is 2.32. The van der Waals surface area contributed by atoms with Gasteiger partial charge in [-0.05, 0) is 53.8 Å². The van der Waals surface area contributed by atoms with E-state index in [9.17, 15) is 8.42 Å². The number of fused-ring (bicyclic) bond motifs is 1. The Morgan fingerprint density at radius 3 is 2.16 bits per heavy atom. The van der Waals surface area contributed by atoms with Gasteiger partial charge in [-0.25, -0.2) is 13.6 Å². The number of nitrogens with zero attached hydrogens (tertiary/aromatic N) is 2. The molecule has 6 heteroatoms. The molecule has 0 aromatic heterocycles. The van der Waals surface area contributed by atoms with Crippen LogP contribution < -0.4 is 10.0 Å². The van der Waals surface area contributed by atoms with Gasteiger partial charge in [0, 0.05) is 43.8 Å². The molecule has 1 saturated heterocycles. The molecule has 0 spiro atoms. The van der Waals surface area contributed by atoms with Crippen LogP contribution in [0.2, 0.25) is 0 Å². The molecule has 1 fully saturated rings. The molecule has 0 saturated carbocycles. The van der Waals surface area contributed by atoms with E-state index >= 15 is 0 Å². The number of piperidine rings is 1. The summed E-state index contributed by atoms with van der Waals surface area (Å²) in [6, 6.07) is 27.2. The number of nitrogens with two attached hydrogens (primary N) is 1. The van der Waals surface area contributed by atoms with Gasteiger partial charge in [0.1, 0.15) is 0 Å². The highest BCUT2D eigenvalue weighted by molar-refractivity contribution is 7.89. The third-order valence-electron chi connectivity index (χ3n) is 6.93. The van der Waals surface area contributed by atoms with E-state index in [2.05, 4.69) is 64.4 Å². The van der Waals surface area contributed by atoms with Crippen LogP contribution in [-0.4, -0.2) is 39.0 Å². The first-order valence-electron chi connectivity index (χ1n) is 11.2. The third kappa shape index (κ3) is 4.31. The average Bonchev–Trinajstić information content (AvgIpc) is 2.83. The Morgan fingerprint density at radius 2 is 1.47 bits per heavy atom. The number of benzene rings is 3. The Morgan fingerprint density at radius 1 is 0.812 bits per heavy atom. The van der Waals surface area contributed by atoms with Gasteiger partial charge in [0.2, 0.25) is 10.0 Å². The molecule has 3 aromatic rings. The van der Waals surface area contributed by atoms with Crippen LogP contribution in [0.5, 0.6) is 0 Å². The maximum atomic E-state index is 11.5. The highest BCUT2D eigenvalue weighted by Crippen LogP contribution is 2.36. The summed E-state index contributed by atoms with van der Waals surface area (Å²) in [4.78, 5) is 5.17. The molecule has 0 bridgehead atoms. The van der Waals surface area contributed by atoms with Crippen LogP contribution in [-0.2, 0) is 16.6 Å². The van der Waals surface area contributed by atoms with Gasteiger partial charge in [-0.3, -0.25) is 4.90 Å². The van der Waals surface area contributed by atoms with E-state index in [0.717, 1.165) is 44.7 Å². The standard InChI is InChI=1S/C26H29N3O2S/c27-32(30,31)24-12-10-22(11-13-24)28-16-14-23(15-17-28)29-18-21-8-4-5-9-25(21)26(19-29)20-6-2-1-3-7-20/h1-13,23,26H,14-19H2,(H2,27,30,31). The highest BCUT2D eigenvalue weighted by atomic mass is 32.2. The van der Waals surface area contributed by atoms with Crippen LogP contribution in [0.3, 0.4) is 0 Å². The molecule has 166 valence electrons. The Balaban J connectivity index is 1.30. The predicted molar refractivity (Wildman–Crippen MR) is 128 cm³/mol. The SMILES string of the molecule is NS(=O)(=O)c1ccc(N2CCC(N3Cc4ccccc4C(c4ccccc4)C3)CC2)cc1. The van der Waals surface area contributed by atoms with Crippen molar-refractivity contribution in [2.75, 3.05) is 24.5 Å². The van der Waals surface area contributed by atoms with E-state index in [0.29, 0.717) is 12.0 Å². The Bertz CT molecular complexity index is 1170. The zero-order valence-electron chi connectivity index (χ0n) is 18.1. The number of anilines is 1. The Hall–Kier alpha value is -2.67. The molecule has 3 aromatic carbocycles. The molecule has 2 aliphatic rings. The summed E-state index contributed by atoms with van der Waals surface area (Å²) in [5, 5.41) is 5.23. The van der Waals surface area contributed by atoms with E-state index in [1.807, 2.05) is 12.1 Å². The minimum absolute atomic E-state index is 0.162. The van der Waals surface area contributed by atoms with Crippen molar-refractivity contribution in [3.63, 3.8) is 0 Å². The second-order valence-electron chi connectivity index (χ2n) is 8.85. The first-order chi connectivity index (χ1) is 15.5. The van der Waals surface area contributed by atoms with Gasteiger partial charge in [0.25, 0.3) is 0 Å². The molecule has 0 radical (unpaired) electrons. The largest absolute Gasteiger partial charge is 0.371 e. The van der Waals surface area contributed by atoms with E-state index in [1.54, 1.807) is 12.1 Å². The monoisotopic (exact) mass is 447 g/mol. The molecule has 5 rings (SSSR count). The lowest BCUT2D eigenvalue weighted by molar-refractivity contribution is 0.145.